The maximum absolute atomic E-state index is 12.5. The van der Waals surface area contributed by atoms with E-state index in [1.165, 1.54) is 5.56 Å². The normalized spacial score (nSPS) is 18.0. The lowest BCUT2D eigenvalue weighted by atomic mass is 10.1. The monoisotopic (exact) mass is 361 g/mol. The smallest absolute Gasteiger partial charge is 0.387 e. The molecular weight excluding hydrogens is 336 g/mol. The minimum atomic E-state index is -2.82. The van der Waals surface area contributed by atoms with Crippen molar-refractivity contribution in [2.75, 3.05) is 31.5 Å². The Balaban J connectivity index is 1.46. The zero-order valence-electron chi connectivity index (χ0n) is 14.7. The zero-order valence-corrected chi connectivity index (χ0v) is 14.7. The number of nitrogens with one attached hydrogen (secondary N) is 2. The molecule has 1 aliphatic heterocycles. The number of hydrogen-bond acceptors (Lipinski definition) is 4. The Hall–Kier alpha value is -2.18. The molecule has 0 saturated carbocycles. The molecule has 1 aliphatic rings. The van der Waals surface area contributed by atoms with E-state index in [0.717, 1.165) is 32.6 Å². The average molecular weight is 361 g/mol. The molecule has 0 amide bonds. The molecule has 0 spiro atoms. The van der Waals surface area contributed by atoms with Gasteiger partial charge in [-0.2, -0.15) is 8.78 Å². The van der Waals surface area contributed by atoms with Crippen molar-refractivity contribution in [2.45, 2.75) is 25.6 Å². The fourth-order valence-corrected chi connectivity index (χ4v) is 3.27. The minimum absolute atomic E-state index is 0.185. The molecule has 1 saturated heterocycles. The van der Waals surface area contributed by atoms with Crippen LogP contribution in [0.3, 0.4) is 0 Å². The molecule has 0 aliphatic carbocycles. The average Bonchev–Trinajstić information content (AvgIpc) is 2.64. The minimum Gasteiger partial charge on any atom is -0.433 e. The van der Waals surface area contributed by atoms with Gasteiger partial charge in [-0.1, -0.05) is 42.5 Å². The van der Waals surface area contributed by atoms with E-state index in [4.69, 9.17) is 0 Å². The number of ether oxygens (including phenoxy) is 1. The molecule has 3 rings (SSSR count). The van der Waals surface area contributed by atoms with Crippen molar-refractivity contribution in [3.63, 3.8) is 0 Å². The predicted octanol–water partition coefficient (Wildman–Crippen LogP) is 3.56. The van der Waals surface area contributed by atoms with E-state index >= 15 is 0 Å². The fraction of sp³-hybridized carbons (Fsp3) is 0.400. The molecule has 2 aromatic carbocycles. The SMILES string of the molecule is FC(F)Oc1ccccc1NCCC1CN(Cc2ccccc2)CCN1. The largest absolute Gasteiger partial charge is 0.433 e. The highest BCUT2D eigenvalue weighted by atomic mass is 19.3. The van der Waals surface area contributed by atoms with Crippen LogP contribution in [0.5, 0.6) is 5.75 Å². The quantitative estimate of drug-likeness (QED) is 0.754. The summed E-state index contributed by atoms with van der Waals surface area (Å²) in [5.41, 5.74) is 1.93. The fourth-order valence-electron chi connectivity index (χ4n) is 3.27. The van der Waals surface area contributed by atoms with Gasteiger partial charge in [0.05, 0.1) is 5.69 Å². The number of nitrogens with zero attached hydrogens (tertiary/aromatic N) is 1. The number of piperazine rings is 1. The van der Waals surface area contributed by atoms with Crippen molar-refractivity contribution in [1.82, 2.24) is 10.2 Å². The highest BCUT2D eigenvalue weighted by Crippen LogP contribution is 2.25. The number of anilines is 1. The zero-order chi connectivity index (χ0) is 18.2. The number of halogens is 2. The van der Waals surface area contributed by atoms with Crippen LogP contribution in [0.4, 0.5) is 14.5 Å². The van der Waals surface area contributed by atoms with E-state index in [1.807, 2.05) is 6.07 Å². The maximum Gasteiger partial charge on any atom is 0.387 e. The van der Waals surface area contributed by atoms with Crippen LogP contribution in [0.2, 0.25) is 0 Å². The number of para-hydroxylation sites is 2. The molecule has 1 fully saturated rings. The number of alkyl halides is 2. The Morgan fingerprint density at radius 1 is 1.12 bits per heavy atom. The Kier molecular flexibility index (Phi) is 6.80. The van der Waals surface area contributed by atoms with E-state index in [0.29, 0.717) is 18.3 Å². The van der Waals surface area contributed by atoms with Gasteiger partial charge >= 0.3 is 6.61 Å². The Bertz CT molecular complexity index is 669. The Labute approximate surface area is 153 Å². The van der Waals surface area contributed by atoms with Gasteiger partial charge in [0.1, 0.15) is 5.75 Å². The lowest BCUT2D eigenvalue weighted by Gasteiger charge is -2.34. The lowest BCUT2D eigenvalue weighted by molar-refractivity contribution is -0.0493. The summed E-state index contributed by atoms with van der Waals surface area (Å²) in [7, 11) is 0. The molecule has 1 unspecified atom stereocenters. The maximum atomic E-state index is 12.5. The summed E-state index contributed by atoms with van der Waals surface area (Å²) >= 11 is 0. The van der Waals surface area contributed by atoms with Crippen LogP contribution in [0, 0.1) is 0 Å². The second kappa shape index (κ2) is 9.50. The summed E-state index contributed by atoms with van der Waals surface area (Å²) < 4.78 is 29.5. The summed E-state index contributed by atoms with van der Waals surface area (Å²) in [6.45, 7) is 1.81. The molecular formula is C20H25F2N3O. The summed E-state index contributed by atoms with van der Waals surface area (Å²) in [4.78, 5) is 2.45. The molecule has 0 aromatic heterocycles. The summed E-state index contributed by atoms with van der Waals surface area (Å²) in [6.07, 6.45) is 0.911. The standard InChI is InChI=1S/C20H25F2N3O/c21-20(22)26-19-9-5-4-8-18(19)24-11-10-17-15-25(13-12-23-17)14-16-6-2-1-3-7-16/h1-9,17,20,23-24H,10-15H2. The molecule has 1 heterocycles. The van der Waals surface area contributed by atoms with Crippen LogP contribution >= 0.6 is 0 Å². The first-order valence-corrected chi connectivity index (χ1v) is 8.98. The number of rotatable bonds is 8. The van der Waals surface area contributed by atoms with Crippen molar-refractivity contribution < 1.29 is 13.5 Å². The first-order valence-electron chi connectivity index (χ1n) is 8.98. The summed E-state index contributed by atoms with van der Waals surface area (Å²) in [5.74, 6) is 0.185. The van der Waals surface area contributed by atoms with Crippen molar-refractivity contribution in [1.29, 1.82) is 0 Å². The van der Waals surface area contributed by atoms with E-state index < -0.39 is 6.61 Å². The molecule has 140 valence electrons. The van der Waals surface area contributed by atoms with Gasteiger partial charge in [0.25, 0.3) is 0 Å². The summed E-state index contributed by atoms with van der Waals surface area (Å²) in [5, 5.41) is 6.75. The molecule has 2 aromatic rings. The highest BCUT2D eigenvalue weighted by Gasteiger charge is 2.19. The second-order valence-electron chi connectivity index (χ2n) is 6.46. The Morgan fingerprint density at radius 2 is 1.88 bits per heavy atom. The first-order chi connectivity index (χ1) is 12.7. The third-order valence-electron chi connectivity index (χ3n) is 4.50. The van der Waals surface area contributed by atoms with Crippen molar-refractivity contribution in [3.05, 3.63) is 60.2 Å². The number of benzene rings is 2. The topological polar surface area (TPSA) is 36.5 Å². The van der Waals surface area contributed by atoms with Gasteiger partial charge in [-0.25, -0.2) is 0 Å². The van der Waals surface area contributed by atoms with Crippen molar-refractivity contribution in [3.8, 4) is 5.75 Å². The van der Waals surface area contributed by atoms with Gasteiger partial charge in [0.2, 0.25) is 0 Å². The van der Waals surface area contributed by atoms with Gasteiger partial charge in [-0.3, -0.25) is 4.90 Å². The van der Waals surface area contributed by atoms with E-state index in [2.05, 4.69) is 44.5 Å². The van der Waals surface area contributed by atoms with Crippen LogP contribution in [0.15, 0.2) is 54.6 Å². The van der Waals surface area contributed by atoms with Gasteiger partial charge in [-0.15, -0.1) is 0 Å². The summed E-state index contributed by atoms with van der Waals surface area (Å²) in [6, 6.07) is 17.7. The molecule has 26 heavy (non-hydrogen) atoms. The van der Waals surface area contributed by atoms with Gasteiger partial charge in [0, 0.05) is 38.8 Å². The molecule has 0 radical (unpaired) electrons. The highest BCUT2D eigenvalue weighted by molar-refractivity contribution is 5.56. The molecule has 6 heteroatoms. The van der Waals surface area contributed by atoms with Crippen LogP contribution in [-0.2, 0) is 6.54 Å². The van der Waals surface area contributed by atoms with E-state index in [-0.39, 0.29) is 5.75 Å². The molecule has 0 bridgehead atoms. The van der Waals surface area contributed by atoms with Gasteiger partial charge < -0.3 is 15.4 Å². The van der Waals surface area contributed by atoms with Gasteiger partial charge in [-0.05, 0) is 24.1 Å². The van der Waals surface area contributed by atoms with E-state index in [1.54, 1.807) is 24.3 Å². The van der Waals surface area contributed by atoms with Crippen LogP contribution in [0.25, 0.3) is 0 Å². The third-order valence-corrected chi connectivity index (χ3v) is 4.50. The molecule has 2 N–H and O–H groups in total. The van der Waals surface area contributed by atoms with Crippen molar-refractivity contribution >= 4 is 5.69 Å². The first kappa shape index (κ1) is 18.6. The van der Waals surface area contributed by atoms with Crippen LogP contribution in [0.1, 0.15) is 12.0 Å². The van der Waals surface area contributed by atoms with Gasteiger partial charge in [0.15, 0.2) is 0 Å². The molecule has 1 atom stereocenters. The van der Waals surface area contributed by atoms with E-state index in [9.17, 15) is 8.78 Å². The van der Waals surface area contributed by atoms with Crippen LogP contribution < -0.4 is 15.4 Å². The molecule has 4 nitrogen and oxygen atoms in total. The second-order valence-corrected chi connectivity index (χ2v) is 6.46. The third kappa shape index (κ3) is 5.68. The number of hydrogen-bond donors (Lipinski definition) is 2. The van der Waals surface area contributed by atoms with Crippen LogP contribution in [-0.4, -0.2) is 43.7 Å². The predicted molar refractivity (Wildman–Crippen MR) is 99.7 cm³/mol. The Morgan fingerprint density at radius 3 is 2.69 bits per heavy atom. The van der Waals surface area contributed by atoms with Crippen molar-refractivity contribution in [2.24, 2.45) is 0 Å². The lowest BCUT2D eigenvalue weighted by Crippen LogP contribution is -2.50.